The van der Waals surface area contributed by atoms with E-state index in [-0.39, 0.29) is 6.04 Å². The first-order valence-corrected chi connectivity index (χ1v) is 8.32. The van der Waals surface area contributed by atoms with Gasteiger partial charge in [0.2, 0.25) is 0 Å². The van der Waals surface area contributed by atoms with Crippen molar-refractivity contribution in [3.8, 4) is 0 Å². The van der Waals surface area contributed by atoms with E-state index in [0.29, 0.717) is 26.3 Å². The third-order valence-corrected chi connectivity index (χ3v) is 4.01. The summed E-state index contributed by atoms with van der Waals surface area (Å²) in [6.07, 6.45) is 0.703. The maximum Gasteiger partial charge on any atom is 0.303 e. The number of benzene rings is 1. The zero-order valence-electron chi connectivity index (χ0n) is 14.7. The number of hydrogen-bond donors (Lipinski definition) is 0. The van der Waals surface area contributed by atoms with Gasteiger partial charge in [-0.2, -0.15) is 0 Å². The monoisotopic (exact) mass is 347 g/mol. The summed E-state index contributed by atoms with van der Waals surface area (Å²) in [5.74, 6) is -0.803. The Bertz CT molecular complexity index is 589. The van der Waals surface area contributed by atoms with Crippen LogP contribution in [0.15, 0.2) is 43.0 Å². The van der Waals surface area contributed by atoms with E-state index in [0.717, 1.165) is 5.56 Å². The number of rotatable bonds is 8. The molecule has 1 aliphatic rings. The molecule has 6 nitrogen and oxygen atoms in total. The van der Waals surface area contributed by atoms with Gasteiger partial charge in [-0.25, -0.2) is 0 Å². The fraction of sp³-hybridized carbons (Fsp3) is 0.474. The summed E-state index contributed by atoms with van der Waals surface area (Å²) in [5.41, 5.74) is 1.07. The lowest BCUT2D eigenvalue weighted by molar-refractivity contribution is -0.163. The summed E-state index contributed by atoms with van der Waals surface area (Å²) in [4.78, 5) is 24.9. The first-order chi connectivity index (χ1) is 12.0. The van der Waals surface area contributed by atoms with Crippen LogP contribution in [0, 0.1) is 0 Å². The van der Waals surface area contributed by atoms with Crippen molar-refractivity contribution in [2.75, 3.05) is 19.7 Å². The van der Waals surface area contributed by atoms with E-state index in [9.17, 15) is 9.59 Å². The summed E-state index contributed by atoms with van der Waals surface area (Å²) in [7, 11) is 0. The number of hydrogen-bond acceptors (Lipinski definition) is 6. The molecular weight excluding hydrogens is 322 g/mol. The largest absolute Gasteiger partial charge is 0.457 e. The molecule has 0 radical (unpaired) electrons. The molecule has 1 heterocycles. The van der Waals surface area contributed by atoms with Crippen LogP contribution in [0.4, 0.5) is 0 Å². The smallest absolute Gasteiger partial charge is 0.303 e. The number of esters is 2. The Morgan fingerprint density at radius 2 is 1.88 bits per heavy atom. The van der Waals surface area contributed by atoms with Crippen LogP contribution in [0.1, 0.15) is 19.4 Å². The molecule has 0 N–H and O–H groups in total. The molecule has 136 valence electrons. The van der Waals surface area contributed by atoms with Crippen molar-refractivity contribution in [2.45, 2.75) is 38.7 Å². The summed E-state index contributed by atoms with van der Waals surface area (Å²) in [6.45, 7) is 8.35. The lowest BCUT2D eigenvalue weighted by Gasteiger charge is -2.26. The molecule has 0 unspecified atom stereocenters. The molecule has 0 aromatic heterocycles. The SMILES string of the molecule is C=CCN1C[C@@H](OC(C)=O)[C@H](OC(C)=O)[C@H]1COCc1ccccc1. The molecule has 25 heavy (non-hydrogen) atoms. The molecule has 1 aliphatic heterocycles. The molecule has 1 saturated heterocycles. The van der Waals surface area contributed by atoms with E-state index in [2.05, 4.69) is 11.5 Å². The second-order valence-corrected chi connectivity index (χ2v) is 6.03. The Kier molecular flexibility index (Phi) is 7.16. The second kappa shape index (κ2) is 9.34. The van der Waals surface area contributed by atoms with Gasteiger partial charge in [0, 0.05) is 26.9 Å². The summed E-state index contributed by atoms with van der Waals surface area (Å²) in [5, 5.41) is 0. The second-order valence-electron chi connectivity index (χ2n) is 6.03. The third kappa shape index (κ3) is 5.69. The number of likely N-dealkylation sites (tertiary alicyclic amines) is 1. The van der Waals surface area contributed by atoms with Gasteiger partial charge in [0.05, 0.1) is 19.3 Å². The van der Waals surface area contributed by atoms with Gasteiger partial charge in [-0.3, -0.25) is 14.5 Å². The van der Waals surface area contributed by atoms with Crippen molar-refractivity contribution >= 4 is 11.9 Å². The summed E-state index contributed by atoms with van der Waals surface area (Å²) < 4.78 is 16.6. The molecule has 0 amide bonds. The van der Waals surface area contributed by atoms with Crippen molar-refractivity contribution in [3.05, 3.63) is 48.6 Å². The standard InChI is InChI=1S/C19H25NO5/c1-4-10-20-11-18(24-14(2)21)19(25-15(3)22)17(20)13-23-12-16-8-6-5-7-9-16/h4-9,17-19H,1,10-13H2,2-3H3/t17-,18-,19-/m1/s1. The maximum absolute atomic E-state index is 11.5. The Morgan fingerprint density at radius 3 is 2.48 bits per heavy atom. The van der Waals surface area contributed by atoms with E-state index in [4.69, 9.17) is 14.2 Å². The maximum atomic E-state index is 11.5. The van der Waals surface area contributed by atoms with Crippen LogP contribution < -0.4 is 0 Å². The molecular formula is C19H25NO5. The molecule has 1 fully saturated rings. The first-order valence-electron chi connectivity index (χ1n) is 8.32. The Labute approximate surface area is 148 Å². The van der Waals surface area contributed by atoms with E-state index >= 15 is 0 Å². The van der Waals surface area contributed by atoms with Gasteiger partial charge in [-0.1, -0.05) is 36.4 Å². The van der Waals surface area contributed by atoms with Gasteiger partial charge < -0.3 is 14.2 Å². The normalized spacial score (nSPS) is 23.2. The van der Waals surface area contributed by atoms with Crippen molar-refractivity contribution in [2.24, 2.45) is 0 Å². The molecule has 0 bridgehead atoms. The zero-order chi connectivity index (χ0) is 18.2. The molecule has 3 atom stereocenters. The highest BCUT2D eigenvalue weighted by Gasteiger charge is 2.45. The molecule has 0 spiro atoms. The minimum absolute atomic E-state index is 0.199. The Balaban J connectivity index is 2.05. The van der Waals surface area contributed by atoms with Crippen molar-refractivity contribution in [3.63, 3.8) is 0 Å². The van der Waals surface area contributed by atoms with Crippen LogP contribution in [0.2, 0.25) is 0 Å². The van der Waals surface area contributed by atoms with Crippen LogP contribution >= 0.6 is 0 Å². The quantitative estimate of drug-likeness (QED) is 0.529. The van der Waals surface area contributed by atoms with Gasteiger partial charge in [-0.05, 0) is 5.56 Å². The van der Waals surface area contributed by atoms with Crippen LogP contribution in [-0.4, -0.2) is 54.8 Å². The minimum Gasteiger partial charge on any atom is -0.457 e. The first kappa shape index (κ1) is 19.1. The van der Waals surface area contributed by atoms with Crippen LogP contribution in [-0.2, 0) is 30.4 Å². The van der Waals surface area contributed by atoms with Crippen LogP contribution in [0.25, 0.3) is 0 Å². The van der Waals surface area contributed by atoms with E-state index in [1.165, 1.54) is 13.8 Å². The van der Waals surface area contributed by atoms with Crippen molar-refractivity contribution in [1.29, 1.82) is 0 Å². The Morgan fingerprint density at radius 1 is 1.20 bits per heavy atom. The molecule has 6 heteroatoms. The number of carbonyl (C=O) groups excluding carboxylic acids is 2. The highest BCUT2D eigenvalue weighted by molar-refractivity contribution is 5.67. The van der Waals surface area contributed by atoms with Crippen LogP contribution in [0.5, 0.6) is 0 Å². The lowest BCUT2D eigenvalue weighted by Crippen LogP contribution is -2.42. The minimum atomic E-state index is -0.558. The average molecular weight is 347 g/mol. The van der Waals surface area contributed by atoms with Gasteiger partial charge in [0.15, 0.2) is 12.2 Å². The highest BCUT2D eigenvalue weighted by atomic mass is 16.6. The molecule has 2 rings (SSSR count). The zero-order valence-corrected chi connectivity index (χ0v) is 14.7. The van der Waals surface area contributed by atoms with Gasteiger partial charge in [-0.15, -0.1) is 6.58 Å². The molecule has 0 aliphatic carbocycles. The summed E-state index contributed by atoms with van der Waals surface area (Å²) in [6, 6.07) is 9.64. The average Bonchev–Trinajstić information content (AvgIpc) is 2.85. The van der Waals surface area contributed by atoms with Crippen LogP contribution in [0.3, 0.4) is 0 Å². The van der Waals surface area contributed by atoms with Crippen molar-refractivity contribution in [1.82, 2.24) is 4.90 Å². The van der Waals surface area contributed by atoms with Gasteiger partial charge in [0.1, 0.15) is 0 Å². The van der Waals surface area contributed by atoms with Gasteiger partial charge >= 0.3 is 11.9 Å². The topological polar surface area (TPSA) is 65.1 Å². The third-order valence-electron chi connectivity index (χ3n) is 4.01. The molecule has 1 aromatic rings. The number of nitrogens with zero attached hydrogens (tertiary/aromatic N) is 1. The summed E-state index contributed by atoms with van der Waals surface area (Å²) >= 11 is 0. The molecule has 0 saturated carbocycles. The van der Waals surface area contributed by atoms with E-state index in [1.54, 1.807) is 6.08 Å². The number of ether oxygens (including phenoxy) is 3. The predicted molar refractivity (Wildman–Crippen MR) is 92.8 cm³/mol. The fourth-order valence-electron chi connectivity index (χ4n) is 3.04. The van der Waals surface area contributed by atoms with E-state index in [1.807, 2.05) is 30.3 Å². The van der Waals surface area contributed by atoms with E-state index < -0.39 is 24.1 Å². The Hall–Kier alpha value is -2.18. The fourth-order valence-corrected chi connectivity index (χ4v) is 3.04. The van der Waals surface area contributed by atoms with Gasteiger partial charge in [0.25, 0.3) is 0 Å². The number of carbonyl (C=O) groups is 2. The highest BCUT2D eigenvalue weighted by Crippen LogP contribution is 2.25. The van der Waals surface area contributed by atoms with Crippen molar-refractivity contribution < 1.29 is 23.8 Å². The predicted octanol–water partition coefficient (Wildman–Crippen LogP) is 1.94. The molecule has 1 aromatic carbocycles. The lowest BCUT2D eigenvalue weighted by atomic mass is 10.1.